The Morgan fingerprint density at radius 3 is 2.61 bits per heavy atom. The van der Waals surface area contributed by atoms with Crippen LogP contribution in [-0.2, 0) is 0 Å². The Balaban J connectivity index is 1.82. The van der Waals surface area contributed by atoms with Crippen molar-refractivity contribution in [2.45, 2.75) is 0 Å². The van der Waals surface area contributed by atoms with Crippen LogP contribution in [0, 0.1) is 16.7 Å². The molecule has 7 heteroatoms. The van der Waals surface area contributed by atoms with Gasteiger partial charge in [0.1, 0.15) is 11.1 Å². The van der Waals surface area contributed by atoms with Gasteiger partial charge in [0.15, 0.2) is 5.84 Å². The maximum Gasteiger partial charge on any atom is 0.201 e. The Morgan fingerprint density at radius 2 is 1.96 bits per heavy atom. The summed E-state index contributed by atoms with van der Waals surface area (Å²) in [7, 11) is 0. The molecule has 0 bridgehead atoms. The van der Waals surface area contributed by atoms with E-state index in [1.165, 1.54) is 0 Å². The fraction of sp³-hybridized carbons (Fsp3) is 0. The number of fused-ring (bicyclic) bond motifs is 1. The Morgan fingerprint density at radius 1 is 1.22 bits per heavy atom. The molecule has 0 aliphatic carbocycles. The molecule has 0 fully saturated rings. The molecule has 4 N–H and O–H groups in total. The Kier molecular flexibility index (Phi) is 3.99. The lowest BCUT2D eigenvalue weighted by Crippen LogP contribution is -2.21. The van der Waals surface area contributed by atoms with Crippen molar-refractivity contribution in [2.75, 3.05) is 5.43 Å². The lowest BCUT2D eigenvalue weighted by molar-refractivity contribution is 1.33. The second-order valence-corrected chi connectivity index (χ2v) is 5.69. The van der Waals surface area contributed by atoms with Crippen LogP contribution in [-0.4, -0.2) is 16.5 Å². The van der Waals surface area contributed by atoms with E-state index in [1.807, 2.05) is 48.5 Å². The molecule has 3 aromatic rings. The van der Waals surface area contributed by atoms with E-state index in [4.69, 9.17) is 16.4 Å². The van der Waals surface area contributed by atoms with E-state index in [0.717, 1.165) is 20.8 Å². The first-order valence-electron chi connectivity index (χ1n) is 6.71. The summed E-state index contributed by atoms with van der Waals surface area (Å²) < 4.78 is 1.15. The lowest BCUT2D eigenvalue weighted by atomic mass is 10.2. The third kappa shape index (κ3) is 3.17. The molecule has 23 heavy (non-hydrogen) atoms. The van der Waals surface area contributed by atoms with Crippen LogP contribution < -0.4 is 11.2 Å². The van der Waals surface area contributed by atoms with Gasteiger partial charge in [0.25, 0.3) is 0 Å². The Bertz CT molecular complexity index is 900. The van der Waals surface area contributed by atoms with Crippen LogP contribution in [0.15, 0.2) is 53.6 Å². The number of nitrogens with one attached hydrogen (secondary N) is 2. The minimum absolute atomic E-state index is 0.153. The van der Waals surface area contributed by atoms with E-state index in [2.05, 4.69) is 15.5 Å². The first-order chi connectivity index (χ1) is 11.2. The fourth-order valence-electron chi connectivity index (χ4n) is 1.95. The van der Waals surface area contributed by atoms with Crippen LogP contribution in [0.3, 0.4) is 0 Å². The molecular formula is C16H12N6S. The highest BCUT2D eigenvalue weighted by Gasteiger charge is 2.06. The second-order valence-electron chi connectivity index (χ2n) is 4.66. The van der Waals surface area contributed by atoms with Gasteiger partial charge in [-0.05, 0) is 36.4 Å². The highest BCUT2D eigenvalue weighted by atomic mass is 32.1. The molecule has 1 aromatic heterocycles. The number of nitrogens with two attached hydrogens (primary N) is 1. The minimum Gasteiger partial charge on any atom is -0.382 e. The Labute approximate surface area is 136 Å². The fourth-order valence-corrected chi connectivity index (χ4v) is 2.92. The monoisotopic (exact) mass is 320 g/mol. The van der Waals surface area contributed by atoms with Crippen LogP contribution in [0.4, 0.5) is 5.69 Å². The van der Waals surface area contributed by atoms with E-state index in [-0.39, 0.29) is 11.5 Å². The zero-order chi connectivity index (χ0) is 16.2. The van der Waals surface area contributed by atoms with Crippen molar-refractivity contribution >= 4 is 38.8 Å². The van der Waals surface area contributed by atoms with Gasteiger partial charge in [0.2, 0.25) is 5.71 Å². The van der Waals surface area contributed by atoms with Gasteiger partial charge in [0.05, 0.1) is 15.9 Å². The number of hydrogen-bond acceptors (Lipinski definition) is 6. The van der Waals surface area contributed by atoms with Gasteiger partial charge in [0, 0.05) is 5.56 Å². The van der Waals surface area contributed by atoms with Crippen LogP contribution in [0.5, 0.6) is 0 Å². The number of aromatic nitrogens is 1. The molecule has 0 saturated carbocycles. The highest BCUT2D eigenvalue weighted by molar-refractivity contribution is 7.21. The summed E-state index contributed by atoms with van der Waals surface area (Å²) in [5.74, 6) is -0.369. The lowest BCUT2D eigenvalue weighted by Gasteiger charge is -2.02. The molecule has 0 unspecified atom stereocenters. The topological polar surface area (TPSA) is 111 Å². The van der Waals surface area contributed by atoms with Gasteiger partial charge < -0.3 is 5.73 Å². The van der Waals surface area contributed by atoms with Crippen molar-refractivity contribution in [3.63, 3.8) is 0 Å². The number of amidine groups is 1. The predicted octanol–water partition coefficient (Wildman–Crippen LogP) is 3.19. The molecule has 0 atom stereocenters. The van der Waals surface area contributed by atoms with Crippen LogP contribution in [0.25, 0.3) is 20.8 Å². The van der Waals surface area contributed by atoms with Crippen molar-refractivity contribution in [3.8, 4) is 16.6 Å². The first kappa shape index (κ1) is 14.7. The number of rotatable bonds is 4. The number of para-hydroxylation sites is 1. The molecular weight excluding hydrogens is 308 g/mol. The number of hydrazone groups is 1. The average Bonchev–Trinajstić information content (AvgIpc) is 2.99. The van der Waals surface area contributed by atoms with Crippen molar-refractivity contribution in [1.29, 1.82) is 10.7 Å². The van der Waals surface area contributed by atoms with E-state index < -0.39 is 0 Å². The van der Waals surface area contributed by atoms with Gasteiger partial charge >= 0.3 is 0 Å². The maximum atomic E-state index is 8.79. The predicted molar refractivity (Wildman–Crippen MR) is 93.6 cm³/mol. The normalized spacial score (nSPS) is 11.2. The van der Waals surface area contributed by atoms with E-state index in [1.54, 1.807) is 17.4 Å². The van der Waals surface area contributed by atoms with E-state index in [9.17, 15) is 0 Å². The molecule has 1 heterocycles. The van der Waals surface area contributed by atoms with Crippen molar-refractivity contribution in [1.82, 2.24) is 4.98 Å². The molecule has 0 amide bonds. The average molecular weight is 320 g/mol. The standard InChI is InChI=1S/C16H12N6S/c17-9-13(15(18)19)22-21-11-7-5-10(6-8-11)16-20-12-3-1-2-4-14(12)23-16/h1-8,21H,(H3,18,19)/b22-13+. The van der Waals surface area contributed by atoms with E-state index in [0.29, 0.717) is 5.69 Å². The summed E-state index contributed by atoms with van der Waals surface area (Å²) >= 11 is 1.64. The number of anilines is 1. The number of benzene rings is 2. The molecule has 0 aliphatic rings. The van der Waals surface area contributed by atoms with Crippen molar-refractivity contribution in [2.24, 2.45) is 10.8 Å². The molecule has 3 rings (SSSR count). The SMILES string of the molecule is N#C/C(=N\Nc1ccc(-c2nc3ccccc3s2)cc1)C(=N)N. The molecule has 0 radical (unpaired) electrons. The van der Waals surface area contributed by atoms with Crippen LogP contribution in [0.1, 0.15) is 0 Å². The summed E-state index contributed by atoms with van der Waals surface area (Å²) in [6.07, 6.45) is 0. The van der Waals surface area contributed by atoms with Gasteiger partial charge in [-0.15, -0.1) is 11.3 Å². The largest absolute Gasteiger partial charge is 0.382 e. The summed E-state index contributed by atoms with van der Waals surface area (Å²) in [6, 6.07) is 17.3. The summed E-state index contributed by atoms with van der Waals surface area (Å²) in [6.45, 7) is 0. The number of nitriles is 1. The zero-order valence-corrected chi connectivity index (χ0v) is 12.8. The maximum absolute atomic E-state index is 8.79. The van der Waals surface area contributed by atoms with Gasteiger partial charge in [-0.3, -0.25) is 10.8 Å². The first-order valence-corrected chi connectivity index (χ1v) is 7.53. The molecule has 2 aromatic carbocycles. The van der Waals surface area contributed by atoms with Crippen molar-refractivity contribution < 1.29 is 0 Å². The zero-order valence-electron chi connectivity index (χ0n) is 11.9. The van der Waals surface area contributed by atoms with Crippen LogP contribution >= 0.6 is 11.3 Å². The summed E-state index contributed by atoms with van der Waals surface area (Å²) in [5, 5.41) is 20.7. The van der Waals surface area contributed by atoms with Crippen LogP contribution in [0.2, 0.25) is 0 Å². The molecule has 0 saturated heterocycles. The Hall–Kier alpha value is -3.24. The highest BCUT2D eigenvalue weighted by Crippen LogP contribution is 2.30. The third-order valence-electron chi connectivity index (χ3n) is 3.08. The number of thiazole rings is 1. The molecule has 0 spiro atoms. The molecule has 6 nitrogen and oxygen atoms in total. The second kappa shape index (κ2) is 6.25. The summed E-state index contributed by atoms with van der Waals surface area (Å²) in [4.78, 5) is 4.61. The van der Waals surface area contributed by atoms with E-state index >= 15 is 0 Å². The quantitative estimate of drug-likeness (QED) is 0.389. The third-order valence-corrected chi connectivity index (χ3v) is 4.17. The van der Waals surface area contributed by atoms with Gasteiger partial charge in [-0.25, -0.2) is 4.98 Å². The smallest absolute Gasteiger partial charge is 0.201 e. The van der Waals surface area contributed by atoms with Gasteiger partial charge in [-0.1, -0.05) is 12.1 Å². The number of hydrogen-bond donors (Lipinski definition) is 3. The number of nitrogens with zero attached hydrogens (tertiary/aromatic N) is 3. The molecule has 0 aliphatic heterocycles. The molecule has 112 valence electrons. The van der Waals surface area contributed by atoms with Crippen molar-refractivity contribution in [3.05, 3.63) is 48.5 Å². The summed E-state index contributed by atoms with van der Waals surface area (Å²) in [5.41, 5.74) is 10.5. The van der Waals surface area contributed by atoms with Gasteiger partial charge in [-0.2, -0.15) is 10.4 Å². The minimum atomic E-state index is -0.369.